The van der Waals surface area contributed by atoms with Gasteiger partial charge in [0.05, 0.1) is 6.04 Å². The molecule has 0 spiro atoms. The molecule has 2 aromatic rings. The molecule has 0 amide bonds. The highest BCUT2D eigenvalue weighted by Gasteiger charge is 2.11. The molecule has 0 aliphatic heterocycles. The summed E-state index contributed by atoms with van der Waals surface area (Å²) in [5.74, 6) is -0.301. The lowest BCUT2D eigenvalue weighted by molar-refractivity contribution is 0.622. The third-order valence-electron chi connectivity index (χ3n) is 2.50. The molecule has 88 valence electrons. The van der Waals surface area contributed by atoms with Crippen molar-refractivity contribution in [2.45, 2.75) is 13.0 Å². The second-order valence-electron chi connectivity index (χ2n) is 3.98. The standard InChI is InChI=1S/C13H12BrFN2/c1-8-2-10(7-17-6-8)13(16)9-3-11(14)5-12(15)4-9/h2-7,13H,16H2,1H3. The first-order chi connectivity index (χ1) is 8.06. The zero-order valence-corrected chi connectivity index (χ0v) is 10.9. The van der Waals surface area contributed by atoms with Crippen LogP contribution in [0.4, 0.5) is 4.39 Å². The lowest BCUT2D eigenvalue weighted by atomic mass is 10.0. The summed E-state index contributed by atoms with van der Waals surface area (Å²) in [7, 11) is 0. The van der Waals surface area contributed by atoms with Crippen molar-refractivity contribution >= 4 is 15.9 Å². The number of pyridine rings is 1. The van der Waals surface area contributed by atoms with Gasteiger partial charge in [0.1, 0.15) is 5.82 Å². The van der Waals surface area contributed by atoms with Gasteiger partial charge in [-0.05, 0) is 41.8 Å². The van der Waals surface area contributed by atoms with Crippen LogP contribution < -0.4 is 5.73 Å². The van der Waals surface area contributed by atoms with Crippen LogP contribution in [-0.2, 0) is 0 Å². The zero-order valence-electron chi connectivity index (χ0n) is 9.32. The Labute approximate surface area is 108 Å². The third kappa shape index (κ3) is 2.90. The van der Waals surface area contributed by atoms with E-state index in [9.17, 15) is 4.39 Å². The molecule has 1 aromatic carbocycles. The molecule has 2 N–H and O–H groups in total. The van der Waals surface area contributed by atoms with Crippen LogP contribution in [0.1, 0.15) is 22.7 Å². The van der Waals surface area contributed by atoms with E-state index >= 15 is 0 Å². The van der Waals surface area contributed by atoms with Gasteiger partial charge in [-0.2, -0.15) is 0 Å². The van der Waals surface area contributed by atoms with Gasteiger partial charge < -0.3 is 5.73 Å². The molecule has 0 saturated carbocycles. The Hall–Kier alpha value is -1.26. The molecule has 1 aromatic heterocycles. The molecule has 2 rings (SSSR count). The summed E-state index contributed by atoms with van der Waals surface area (Å²) in [5.41, 5.74) is 8.73. The summed E-state index contributed by atoms with van der Waals surface area (Å²) in [4.78, 5) is 4.09. The lowest BCUT2D eigenvalue weighted by Gasteiger charge is -2.13. The zero-order chi connectivity index (χ0) is 12.4. The molecule has 1 atom stereocenters. The van der Waals surface area contributed by atoms with Crippen LogP contribution in [0.15, 0.2) is 41.1 Å². The summed E-state index contributed by atoms with van der Waals surface area (Å²) >= 11 is 3.26. The molecule has 0 saturated heterocycles. The first kappa shape index (κ1) is 12.2. The Morgan fingerprint density at radius 1 is 1.18 bits per heavy atom. The predicted molar refractivity (Wildman–Crippen MR) is 69.1 cm³/mol. The Morgan fingerprint density at radius 2 is 1.94 bits per heavy atom. The van der Waals surface area contributed by atoms with Crippen LogP contribution in [0.3, 0.4) is 0 Å². The maximum atomic E-state index is 13.3. The van der Waals surface area contributed by atoms with E-state index in [4.69, 9.17) is 5.73 Å². The summed E-state index contributed by atoms with van der Waals surface area (Å²) in [6.07, 6.45) is 3.47. The molecule has 0 radical (unpaired) electrons. The molecule has 1 heterocycles. The number of hydrogen-bond donors (Lipinski definition) is 1. The summed E-state index contributed by atoms with van der Waals surface area (Å²) in [6.45, 7) is 1.95. The average molecular weight is 295 g/mol. The summed E-state index contributed by atoms with van der Waals surface area (Å²) in [5, 5.41) is 0. The van der Waals surface area contributed by atoms with E-state index in [1.807, 2.05) is 19.1 Å². The fourth-order valence-electron chi connectivity index (χ4n) is 1.70. The van der Waals surface area contributed by atoms with E-state index in [1.165, 1.54) is 12.1 Å². The maximum absolute atomic E-state index is 13.3. The molecule has 0 bridgehead atoms. The molecule has 0 aliphatic rings. The van der Waals surface area contributed by atoms with E-state index in [0.29, 0.717) is 4.47 Å². The second-order valence-corrected chi connectivity index (χ2v) is 4.89. The highest BCUT2D eigenvalue weighted by Crippen LogP contribution is 2.23. The van der Waals surface area contributed by atoms with Crippen LogP contribution in [0.2, 0.25) is 0 Å². The van der Waals surface area contributed by atoms with E-state index in [2.05, 4.69) is 20.9 Å². The Balaban J connectivity index is 2.39. The minimum atomic E-state index is -0.366. The second kappa shape index (κ2) is 4.94. The van der Waals surface area contributed by atoms with Crippen molar-refractivity contribution in [1.82, 2.24) is 4.98 Å². The van der Waals surface area contributed by atoms with E-state index in [0.717, 1.165) is 16.7 Å². The number of nitrogens with zero attached hydrogens (tertiary/aromatic N) is 1. The SMILES string of the molecule is Cc1cncc(C(N)c2cc(F)cc(Br)c2)c1. The van der Waals surface area contributed by atoms with Crippen LogP contribution in [0.25, 0.3) is 0 Å². The first-order valence-electron chi connectivity index (χ1n) is 5.19. The van der Waals surface area contributed by atoms with Crippen LogP contribution in [-0.4, -0.2) is 4.98 Å². The van der Waals surface area contributed by atoms with Gasteiger partial charge in [0.25, 0.3) is 0 Å². The number of aromatic nitrogens is 1. The largest absolute Gasteiger partial charge is 0.320 e. The number of hydrogen-bond acceptors (Lipinski definition) is 2. The normalized spacial score (nSPS) is 12.5. The van der Waals surface area contributed by atoms with Crippen molar-refractivity contribution < 1.29 is 4.39 Å². The number of halogens is 2. The van der Waals surface area contributed by atoms with E-state index < -0.39 is 0 Å². The van der Waals surface area contributed by atoms with Gasteiger partial charge >= 0.3 is 0 Å². The monoisotopic (exact) mass is 294 g/mol. The van der Waals surface area contributed by atoms with Gasteiger partial charge in [-0.1, -0.05) is 22.0 Å². The van der Waals surface area contributed by atoms with Crippen molar-refractivity contribution in [3.63, 3.8) is 0 Å². The molecule has 0 fully saturated rings. The number of rotatable bonds is 2. The van der Waals surface area contributed by atoms with E-state index in [-0.39, 0.29) is 11.9 Å². The Morgan fingerprint density at radius 3 is 2.59 bits per heavy atom. The maximum Gasteiger partial charge on any atom is 0.124 e. The summed E-state index contributed by atoms with van der Waals surface area (Å²) < 4.78 is 14.0. The van der Waals surface area contributed by atoms with Gasteiger partial charge in [0, 0.05) is 16.9 Å². The molecule has 1 unspecified atom stereocenters. The van der Waals surface area contributed by atoms with Crippen molar-refractivity contribution in [1.29, 1.82) is 0 Å². The van der Waals surface area contributed by atoms with Crippen LogP contribution in [0.5, 0.6) is 0 Å². The molecular weight excluding hydrogens is 283 g/mol. The highest BCUT2D eigenvalue weighted by molar-refractivity contribution is 9.10. The molecule has 0 aliphatic carbocycles. The first-order valence-corrected chi connectivity index (χ1v) is 5.98. The van der Waals surface area contributed by atoms with Crippen molar-refractivity contribution in [3.05, 3.63) is 63.6 Å². The highest BCUT2D eigenvalue weighted by atomic mass is 79.9. The third-order valence-corrected chi connectivity index (χ3v) is 2.96. The fourth-order valence-corrected chi connectivity index (χ4v) is 2.18. The topological polar surface area (TPSA) is 38.9 Å². The summed E-state index contributed by atoms with van der Waals surface area (Å²) in [6, 6.07) is 6.25. The van der Waals surface area contributed by atoms with Crippen LogP contribution in [0, 0.1) is 12.7 Å². The van der Waals surface area contributed by atoms with Gasteiger partial charge in [-0.25, -0.2) is 4.39 Å². The molecule has 4 heteroatoms. The van der Waals surface area contributed by atoms with Gasteiger partial charge in [0.2, 0.25) is 0 Å². The minimum absolute atomic E-state index is 0.301. The Bertz CT molecular complexity index is 522. The van der Waals surface area contributed by atoms with Gasteiger partial charge in [0.15, 0.2) is 0 Å². The van der Waals surface area contributed by atoms with E-state index in [1.54, 1.807) is 12.4 Å². The lowest BCUT2D eigenvalue weighted by Crippen LogP contribution is -2.12. The molecular formula is C13H12BrFN2. The number of nitrogens with two attached hydrogens (primary N) is 1. The average Bonchev–Trinajstić information content (AvgIpc) is 2.26. The van der Waals surface area contributed by atoms with Crippen molar-refractivity contribution in [2.24, 2.45) is 5.73 Å². The predicted octanol–water partition coefficient (Wildman–Crippen LogP) is 3.34. The number of benzene rings is 1. The van der Waals surface area contributed by atoms with Gasteiger partial charge in [-0.15, -0.1) is 0 Å². The Kier molecular flexibility index (Phi) is 3.54. The quantitative estimate of drug-likeness (QED) is 0.923. The molecule has 17 heavy (non-hydrogen) atoms. The fraction of sp³-hybridized carbons (Fsp3) is 0.154. The minimum Gasteiger partial charge on any atom is -0.320 e. The van der Waals surface area contributed by atoms with Crippen LogP contribution >= 0.6 is 15.9 Å². The number of aryl methyl sites for hydroxylation is 1. The van der Waals surface area contributed by atoms with Gasteiger partial charge in [-0.3, -0.25) is 4.98 Å². The molecule has 2 nitrogen and oxygen atoms in total. The smallest absolute Gasteiger partial charge is 0.124 e. The van der Waals surface area contributed by atoms with Crippen molar-refractivity contribution in [3.8, 4) is 0 Å². The van der Waals surface area contributed by atoms with Crippen molar-refractivity contribution in [2.75, 3.05) is 0 Å².